The summed E-state index contributed by atoms with van der Waals surface area (Å²) in [5.41, 5.74) is 10.0. The zero-order valence-electron chi connectivity index (χ0n) is 12.1. The quantitative estimate of drug-likeness (QED) is 0.856. The highest BCUT2D eigenvalue weighted by molar-refractivity contribution is 6.31. The Hall–Kier alpha value is -1.31. The van der Waals surface area contributed by atoms with E-state index in [1.54, 1.807) is 0 Å². The maximum atomic E-state index is 6.25. The molecule has 0 aliphatic carbocycles. The van der Waals surface area contributed by atoms with Gasteiger partial charge < -0.3 is 5.73 Å². The molecular weight excluding hydrogens is 266 g/mol. The van der Waals surface area contributed by atoms with E-state index in [4.69, 9.17) is 17.3 Å². The third-order valence-corrected chi connectivity index (χ3v) is 3.95. The zero-order chi connectivity index (χ0) is 14.5. The van der Waals surface area contributed by atoms with Crippen molar-refractivity contribution in [3.05, 3.63) is 70.2 Å². The van der Waals surface area contributed by atoms with E-state index in [-0.39, 0.29) is 6.04 Å². The third kappa shape index (κ3) is 4.09. The molecule has 0 spiro atoms. The van der Waals surface area contributed by atoms with E-state index in [0.717, 1.165) is 23.4 Å². The fraction of sp³-hybridized carbons (Fsp3) is 0.333. The Labute approximate surface area is 126 Å². The van der Waals surface area contributed by atoms with Gasteiger partial charge in [0.15, 0.2) is 0 Å². The van der Waals surface area contributed by atoms with Gasteiger partial charge in [-0.15, -0.1) is 0 Å². The SMILES string of the molecule is CC(C)c1ccc(CC(N)Cc2ccccc2Cl)cc1. The second-order valence-electron chi connectivity index (χ2n) is 5.66. The van der Waals surface area contributed by atoms with Crippen molar-refractivity contribution in [2.45, 2.75) is 38.6 Å². The van der Waals surface area contributed by atoms with E-state index in [1.165, 1.54) is 11.1 Å². The maximum absolute atomic E-state index is 6.25. The lowest BCUT2D eigenvalue weighted by molar-refractivity contribution is 0.664. The highest BCUT2D eigenvalue weighted by Crippen LogP contribution is 2.19. The van der Waals surface area contributed by atoms with Crippen molar-refractivity contribution in [1.29, 1.82) is 0 Å². The van der Waals surface area contributed by atoms with E-state index in [1.807, 2.05) is 24.3 Å². The fourth-order valence-corrected chi connectivity index (χ4v) is 2.57. The molecule has 2 rings (SSSR count). The van der Waals surface area contributed by atoms with Crippen LogP contribution >= 0.6 is 11.6 Å². The number of hydrogen-bond acceptors (Lipinski definition) is 1. The first kappa shape index (κ1) is 15.1. The van der Waals surface area contributed by atoms with E-state index in [9.17, 15) is 0 Å². The summed E-state index contributed by atoms with van der Waals surface area (Å²) in [6.45, 7) is 4.41. The Morgan fingerprint density at radius 1 is 0.950 bits per heavy atom. The Bertz CT molecular complexity index is 546. The van der Waals surface area contributed by atoms with Crippen molar-refractivity contribution in [2.24, 2.45) is 5.73 Å². The molecule has 1 unspecified atom stereocenters. The molecule has 2 aromatic carbocycles. The third-order valence-electron chi connectivity index (χ3n) is 3.58. The standard InChI is InChI=1S/C18H22ClN/c1-13(2)15-9-7-14(8-10-15)11-17(20)12-16-5-3-4-6-18(16)19/h3-10,13,17H,11-12,20H2,1-2H3. The van der Waals surface area contributed by atoms with Crippen LogP contribution in [-0.2, 0) is 12.8 Å². The summed E-state index contributed by atoms with van der Waals surface area (Å²) in [4.78, 5) is 0. The molecule has 106 valence electrons. The molecule has 20 heavy (non-hydrogen) atoms. The Morgan fingerprint density at radius 2 is 1.60 bits per heavy atom. The Kier molecular flexibility index (Phi) is 5.22. The van der Waals surface area contributed by atoms with Gasteiger partial charge in [0.05, 0.1) is 0 Å². The highest BCUT2D eigenvalue weighted by atomic mass is 35.5. The molecule has 2 heteroatoms. The number of benzene rings is 2. The predicted molar refractivity (Wildman–Crippen MR) is 87.4 cm³/mol. The largest absolute Gasteiger partial charge is 0.327 e. The summed E-state index contributed by atoms with van der Waals surface area (Å²) in [6, 6.07) is 16.8. The first-order valence-electron chi connectivity index (χ1n) is 7.14. The van der Waals surface area contributed by atoms with Crippen LogP contribution in [0.1, 0.15) is 36.5 Å². The van der Waals surface area contributed by atoms with Crippen molar-refractivity contribution in [1.82, 2.24) is 0 Å². The topological polar surface area (TPSA) is 26.0 Å². The summed E-state index contributed by atoms with van der Waals surface area (Å²) < 4.78 is 0. The normalized spacial score (nSPS) is 12.7. The van der Waals surface area contributed by atoms with Gasteiger partial charge in [0.25, 0.3) is 0 Å². The molecule has 2 N–H and O–H groups in total. The lowest BCUT2D eigenvalue weighted by Gasteiger charge is -2.14. The van der Waals surface area contributed by atoms with E-state index >= 15 is 0 Å². The molecule has 2 aromatic rings. The van der Waals surface area contributed by atoms with Crippen LogP contribution in [0.3, 0.4) is 0 Å². The monoisotopic (exact) mass is 287 g/mol. The number of nitrogens with two attached hydrogens (primary N) is 1. The zero-order valence-corrected chi connectivity index (χ0v) is 12.9. The molecule has 0 amide bonds. The van der Waals surface area contributed by atoms with Gasteiger partial charge in [-0.3, -0.25) is 0 Å². The van der Waals surface area contributed by atoms with Crippen LogP contribution in [0, 0.1) is 0 Å². The molecule has 0 saturated heterocycles. The van der Waals surface area contributed by atoms with Crippen LogP contribution in [0.5, 0.6) is 0 Å². The molecule has 0 aliphatic heterocycles. The van der Waals surface area contributed by atoms with Gasteiger partial charge in [-0.25, -0.2) is 0 Å². The van der Waals surface area contributed by atoms with Crippen LogP contribution in [0.2, 0.25) is 5.02 Å². The van der Waals surface area contributed by atoms with Crippen LogP contribution in [-0.4, -0.2) is 6.04 Å². The summed E-state index contributed by atoms with van der Waals surface area (Å²) in [7, 11) is 0. The van der Waals surface area contributed by atoms with Gasteiger partial charge in [0.2, 0.25) is 0 Å². The lowest BCUT2D eigenvalue weighted by atomic mass is 9.97. The highest BCUT2D eigenvalue weighted by Gasteiger charge is 2.08. The van der Waals surface area contributed by atoms with Gasteiger partial charge in [-0.05, 0) is 41.5 Å². The molecule has 0 heterocycles. The molecule has 0 fully saturated rings. The average Bonchev–Trinajstić information content (AvgIpc) is 2.42. The first-order valence-corrected chi connectivity index (χ1v) is 7.52. The molecule has 1 nitrogen and oxygen atoms in total. The summed E-state index contributed by atoms with van der Waals surface area (Å²) in [5, 5.41) is 0.804. The Morgan fingerprint density at radius 3 is 2.20 bits per heavy atom. The van der Waals surface area contributed by atoms with E-state index in [0.29, 0.717) is 5.92 Å². The molecular formula is C18H22ClN. The predicted octanol–water partition coefficient (Wildman–Crippen LogP) is 4.58. The molecule has 0 aromatic heterocycles. The smallest absolute Gasteiger partial charge is 0.0438 e. The first-order chi connectivity index (χ1) is 9.56. The second-order valence-corrected chi connectivity index (χ2v) is 6.06. The maximum Gasteiger partial charge on any atom is 0.0438 e. The summed E-state index contributed by atoms with van der Waals surface area (Å²) in [6.07, 6.45) is 1.69. The minimum absolute atomic E-state index is 0.0970. The van der Waals surface area contributed by atoms with Crippen LogP contribution in [0.4, 0.5) is 0 Å². The van der Waals surface area contributed by atoms with Crippen LogP contribution in [0.25, 0.3) is 0 Å². The lowest BCUT2D eigenvalue weighted by Crippen LogP contribution is -2.25. The summed E-state index contributed by atoms with van der Waals surface area (Å²) >= 11 is 6.17. The molecule has 0 radical (unpaired) electrons. The number of halogens is 1. The molecule has 0 aliphatic rings. The molecule has 1 atom stereocenters. The fourth-order valence-electron chi connectivity index (χ4n) is 2.36. The molecule has 0 saturated carbocycles. The Balaban J connectivity index is 1.97. The van der Waals surface area contributed by atoms with Crippen molar-refractivity contribution in [2.75, 3.05) is 0 Å². The van der Waals surface area contributed by atoms with Crippen LogP contribution in [0.15, 0.2) is 48.5 Å². The minimum atomic E-state index is 0.0970. The second kappa shape index (κ2) is 6.92. The number of rotatable bonds is 5. The van der Waals surface area contributed by atoms with Gasteiger partial charge in [-0.1, -0.05) is 67.9 Å². The van der Waals surface area contributed by atoms with Crippen molar-refractivity contribution in [3.8, 4) is 0 Å². The van der Waals surface area contributed by atoms with E-state index in [2.05, 4.69) is 38.1 Å². The van der Waals surface area contributed by atoms with Crippen molar-refractivity contribution in [3.63, 3.8) is 0 Å². The van der Waals surface area contributed by atoms with Gasteiger partial charge in [-0.2, -0.15) is 0 Å². The van der Waals surface area contributed by atoms with Crippen molar-refractivity contribution >= 4 is 11.6 Å². The summed E-state index contributed by atoms with van der Waals surface area (Å²) in [5.74, 6) is 0.570. The molecule has 0 bridgehead atoms. The van der Waals surface area contributed by atoms with Gasteiger partial charge in [0.1, 0.15) is 0 Å². The van der Waals surface area contributed by atoms with Gasteiger partial charge in [0, 0.05) is 11.1 Å². The number of hydrogen-bond donors (Lipinski definition) is 1. The van der Waals surface area contributed by atoms with E-state index < -0.39 is 0 Å². The average molecular weight is 288 g/mol. The van der Waals surface area contributed by atoms with Crippen LogP contribution < -0.4 is 5.73 Å². The van der Waals surface area contributed by atoms with Crippen molar-refractivity contribution < 1.29 is 0 Å². The minimum Gasteiger partial charge on any atom is -0.327 e. The van der Waals surface area contributed by atoms with Gasteiger partial charge >= 0.3 is 0 Å².